The maximum atomic E-state index is 11.9. The molecule has 0 unspecified atom stereocenters. The van der Waals surface area contributed by atoms with Crippen molar-refractivity contribution in [3.63, 3.8) is 0 Å². The fraction of sp³-hybridized carbons (Fsp3) is 0.412. The molecule has 1 aromatic carbocycles. The van der Waals surface area contributed by atoms with Gasteiger partial charge < -0.3 is 10.6 Å². The van der Waals surface area contributed by atoms with Crippen LogP contribution < -0.4 is 10.6 Å². The number of amides is 1. The maximum Gasteiger partial charge on any atom is 0.279 e. The molecule has 6 heteroatoms. The van der Waals surface area contributed by atoms with Crippen molar-refractivity contribution in [2.24, 2.45) is 0 Å². The SMILES string of the molecule is Cc1ccc(NC(=O)C[NH2+]CCCn2nc(C)cc2C)c(Cl)c1. The van der Waals surface area contributed by atoms with Crippen molar-refractivity contribution < 1.29 is 10.1 Å². The summed E-state index contributed by atoms with van der Waals surface area (Å²) in [6, 6.07) is 7.68. The summed E-state index contributed by atoms with van der Waals surface area (Å²) in [6.07, 6.45) is 0.973. The molecule has 0 bridgehead atoms. The highest BCUT2D eigenvalue weighted by atomic mass is 35.5. The van der Waals surface area contributed by atoms with Crippen molar-refractivity contribution in [1.29, 1.82) is 0 Å². The molecule has 0 aliphatic rings. The van der Waals surface area contributed by atoms with Gasteiger partial charge in [-0.05, 0) is 44.5 Å². The van der Waals surface area contributed by atoms with Crippen LogP contribution >= 0.6 is 11.6 Å². The first-order valence-electron chi connectivity index (χ1n) is 7.84. The van der Waals surface area contributed by atoms with Crippen LogP contribution in [0.3, 0.4) is 0 Å². The van der Waals surface area contributed by atoms with E-state index in [0.717, 1.165) is 30.8 Å². The Morgan fingerprint density at radius 2 is 2.09 bits per heavy atom. The topological polar surface area (TPSA) is 63.5 Å². The lowest BCUT2D eigenvalue weighted by Crippen LogP contribution is -2.86. The van der Waals surface area contributed by atoms with E-state index < -0.39 is 0 Å². The van der Waals surface area contributed by atoms with Crippen LogP contribution in [0.2, 0.25) is 5.02 Å². The Morgan fingerprint density at radius 3 is 2.74 bits per heavy atom. The molecule has 0 spiro atoms. The van der Waals surface area contributed by atoms with Gasteiger partial charge in [0.2, 0.25) is 0 Å². The standard InChI is InChI=1S/C17H23ClN4O/c1-12-5-6-16(15(18)9-12)20-17(23)11-19-7-4-8-22-14(3)10-13(2)21-22/h5-6,9-10,19H,4,7-8,11H2,1-3H3,(H,20,23)/p+1. The third-order valence-corrected chi connectivity index (χ3v) is 3.92. The molecule has 1 heterocycles. The second-order valence-corrected chi connectivity index (χ2v) is 6.22. The van der Waals surface area contributed by atoms with Gasteiger partial charge in [-0.15, -0.1) is 0 Å². The highest BCUT2D eigenvalue weighted by molar-refractivity contribution is 6.33. The minimum absolute atomic E-state index is 0.0399. The van der Waals surface area contributed by atoms with Crippen molar-refractivity contribution in [2.45, 2.75) is 33.7 Å². The van der Waals surface area contributed by atoms with E-state index in [1.165, 1.54) is 5.69 Å². The molecule has 5 nitrogen and oxygen atoms in total. The molecule has 23 heavy (non-hydrogen) atoms. The number of halogens is 1. The number of rotatable bonds is 7. The fourth-order valence-corrected chi connectivity index (χ4v) is 2.72. The Bertz CT molecular complexity index is 681. The van der Waals surface area contributed by atoms with E-state index in [9.17, 15) is 4.79 Å². The number of nitrogens with one attached hydrogen (secondary N) is 1. The third kappa shape index (κ3) is 5.37. The zero-order chi connectivity index (χ0) is 16.8. The number of nitrogens with zero attached hydrogens (tertiary/aromatic N) is 2. The lowest BCUT2D eigenvalue weighted by atomic mass is 10.2. The first-order chi connectivity index (χ1) is 11.0. The van der Waals surface area contributed by atoms with Gasteiger partial charge in [0.25, 0.3) is 5.91 Å². The first kappa shape index (κ1) is 17.5. The van der Waals surface area contributed by atoms with Crippen molar-refractivity contribution in [2.75, 3.05) is 18.4 Å². The van der Waals surface area contributed by atoms with E-state index in [4.69, 9.17) is 11.6 Å². The Balaban J connectivity index is 1.68. The molecule has 0 aliphatic carbocycles. The quantitative estimate of drug-likeness (QED) is 0.761. The van der Waals surface area contributed by atoms with Crippen LogP contribution in [0, 0.1) is 20.8 Å². The molecule has 1 aromatic heterocycles. The molecule has 0 fully saturated rings. The van der Waals surface area contributed by atoms with Crippen LogP contribution in [0.4, 0.5) is 5.69 Å². The number of quaternary nitrogens is 1. The van der Waals surface area contributed by atoms with Crippen LogP contribution in [0.1, 0.15) is 23.4 Å². The summed E-state index contributed by atoms with van der Waals surface area (Å²) in [5.41, 5.74) is 3.96. The van der Waals surface area contributed by atoms with Crippen molar-refractivity contribution in [3.8, 4) is 0 Å². The van der Waals surface area contributed by atoms with Gasteiger partial charge in [-0.1, -0.05) is 17.7 Å². The molecule has 2 aromatic rings. The molecule has 2 rings (SSSR count). The van der Waals surface area contributed by atoms with E-state index in [-0.39, 0.29) is 5.91 Å². The second-order valence-electron chi connectivity index (χ2n) is 5.82. The largest absolute Gasteiger partial charge is 0.338 e. The summed E-state index contributed by atoms with van der Waals surface area (Å²) in [5.74, 6) is -0.0399. The summed E-state index contributed by atoms with van der Waals surface area (Å²) in [4.78, 5) is 11.9. The van der Waals surface area contributed by atoms with E-state index in [0.29, 0.717) is 17.3 Å². The number of hydrogen-bond donors (Lipinski definition) is 2. The van der Waals surface area contributed by atoms with Crippen LogP contribution in [-0.2, 0) is 11.3 Å². The molecule has 0 aliphatic heterocycles. The normalized spacial score (nSPS) is 10.8. The van der Waals surface area contributed by atoms with Gasteiger partial charge in [0.05, 0.1) is 22.9 Å². The number of carbonyl (C=O) groups excluding carboxylic acids is 1. The van der Waals surface area contributed by atoms with Gasteiger partial charge in [-0.2, -0.15) is 5.10 Å². The monoisotopic (exact) mass is 335 g/mol. The van der Waals surface area contributed by atoms with Gasteiger partial charge >= 0.3 is 0 Å². The average Bonchev–Trinajstić information content (AvgIpc) is 2.80. The lowest BCUT2D eigenvalue weighted by molar-refractivity contribution is -0.644. The summed E-state index contributed by atoms with van der Waals surface area (Å²) < 4.78 is 2.01. The molecule has 0 radical (unpaired) electrons. The zero-order valence-electron chi connectivity index (χ0n) is 13.9. The predicted octanol–water partition coefficient (Wildman–Crippen LogP) is 2.05. The highest BCUT2D eigenvalue weighted by Crippen LogP contribution is 2.22. The van der Waals surface area contributed by atoms with Crippen LogP contribution in [0.15, 0.2) is 24.3 Å². The van der Waals surface area contributed by atoms with Gasteiger partial charge in [0, 0.05) is 18.7 Å². The predicted molar refractivity (Wildman–Crippen MR) is 92.8 cm³/mol. The number of anilines is 1. The minimum Gasteiger partial charge on any atom is -0.338 e. The van der Waals surface area contributed by atoms with Crippen LogP contribution in [-0.4, -0.2) is 28.8 Å². The molecule has 1 amide bonds. The number of aryl methyl sites for hydroxylation is 4. The lowest BCUT2D eigenvalue weighted by Gasteiger charge is -2.08. The first-order valence-corrected chi connectivity index (χ1v) is 8.22. The van der Waals surface area contributed by atoms with Crippen LogP contribution in [0.5, 0.6) is 0 Å². The van der Waals surface area contributed by atoms with Crippen molar-refractivity contribution in [1.82, 2.24) is 9.78 Å². The average molecular weight is 336 g/mol. The van der Waals surface area contributed by atoms with Crippen LogP contribution in [0.25, 0.3) is 0 Å². The summed E-state index contributed by atoms with van der Waals surface area (Å²) in [6.45, 7) is 8.17. The molecule has 124 valence electrons. The molecule has 0 saturated heterocycles. The van der Waals surface area contributed by atoms with E-state index in [1.54, 1.807) is 0 Å². The zero-order valence-corrected chi connectivity index (χ0v) is 14.7. The Labute approximate surface area is 142 Å². The second kappa shape index (κ2) is 8.13. The highest BCUT2D eigenvalue weighted by Gasteiger charge is 2.08. The number of aromatic nitrogens is 2. The molecule has 0 saturated carbocycles. The Kier molecular flexibility index (Phi) is 6.19. The molecular formula is C17H24ClN4O+. The van der Waals surface area contributed by atoms with Gasteiger partial charge in [0.1, 0.15) is 0 Å². The van der Waals surface area contributed by atoms with Crippen molar-refractivity contribution in [3.05, 3.63) is 46.2 Å². The summed E-state index contributed by atoms with van der Waals surface area (Å²) >= 11 is 6.11. The van der Waals surface area contributed by atoms with Gasteiger partial charge in [-0.25, -0.2) is 0 Å². The Morgan fingerprint density at radius 1 is 1.30 bits per heavy atom. The fourth-order valence-electron chi connectivity index (χ4n) is 2.44. The molecule has 0 atom stereocenters. The molecular weight excluding hydrogens is 312 g/mol. The van der Waals surface area contributed by atoms with E-state index in [1.807, 2.05) is 42.0 Å². The van der Waals surface area contributed by atoms with Gasteiger partial charge in [-0.3, -0.25) is 9.48 Å². The number of hydrogen-bond acceptors (Lipinski definition) is 2. The number of benzene rings is 1. The summed E-state index contributed by atoms with van der Waals surface area (Å²) in [7, 11) is 0. The van der Waals surface area contributed by atoms with Crippen molar-refractivity contribution >= 4 is 23.2 Å². The summed E-state index contributed by atoms with van der Waals surface area (Å²) in [5, 5.41) is 9.84. The minimum atomic E-state index is -0.0399. The van der Waals surface area contributed by atoms with Gasteiger partial charge in [0.15, 0.2) is 6.54 Å². The Hall–Kier alpha value is -1.85. The smallest absolute Gasteiger partial charge is 0.279 e. The molecule has 3 N–H and O–H groups in total. The maximum absolute atomic E-state index is 11.9. The number of carbonyl (C=O) groups is 1. The third-order valence-electron chi connectivity index (χ3n) is 3.61. The number of nitrogens with two attached hydrogens (primary N) is 1. The van der Waals surface area contributed by atoms with E-state index >= 15 is 0 Å². The van der Waals surface area contributed by atoms with E-state index in [2.05, 4.69) is 23.4 Å².